The molecule has 0 bridgehead atoms. The van der Waals surface area contributed by atoms with Gasteiger partial charge in [-0.25, -0.2) is 4.79 Å². The van der Waals surface area contributed by atoms with Gasteiger partial charge < -0.3 is 4.74 Å². The van der Waals surface area contributed by atoms with Gasteiger partial charge >= 0.3 is 30.8 Å². The molecule has 1 rings (SSSR count). The van der Waals surface area contributed by atoms with E-state index in [9.17, 15) is 9.59 Å². The zero-order chi connectivity index (χ0) is 11.1. The van der Waals surface area contributed by atoms with Gasteiger partial charge in [-0.3, -0.25) is 4.79 Å². The third kappa shape index (κ3) is 5.55. The van der Waals surface area contributed by atoms with Crippen LogP contribution in [0.4, 0.5) is 0 Å². The molecule has 0 unspecified atom stereocenters. The second-order valence-electron chi connectivity index (χ2n) is 2.98. The van der Waals surface area contributed by atoms with E-state index in [-0.39, 0.29) is 25.3 Å². The van der Waals surface area contributed by atoms with Crippen molar-refractivity contribution in [1.29, 1.82) is 0 Å². The summed E-state index contributed by atoms with van der Waals surface area (Å²) >= 11 is 0. The predicted octanol–water partition coefficient (Wildman–Crippen LogP) is 1.23. The Kier molecular flexibility index (Phi) is 7.28. The van der Waals surface area contributed by atoms with E-state index in [1.54, 1.807) is 0 Å². The molecule has 80 valence electrons. The molecule has 0 atom stereocenters. The summed E-state index contributed by atoms with van der Waals surface area (Å²) in [6, 6.07) is 9.54. The number of hydrogen-bond acceptors (Lipinski definition) is 3. The Morgan fingerprint density at radius 2 is 1.88 bits per heavy atom. The monoisotopic (exact) mass is 212 g/mol. The van der Waals surface area contributed by atoms with Crippen molar-refractivity contribution in [3.05, 3.63) is 48.6 Å². The molecule has 0 amide bonds. The Morgan fingerprint density at radius 1 is 1.25 bits per heavy atom. The number of benzene rings is 1. The van der Waals surface area contributed by atoms with Crippen LogP contribution >= 0.6 is 0 Å². The maximum absolute atomic E-state index is 11.1. The number of rotatable bonds is 4. The standard InChI is InChI=1S/C12H12O3.Li.H/c1-2-11(13)15-12(14)9-8-10-6-4-3-5-7-10;;/h2-7H,1,8-9H2;;. The van der Waals surface area contributed by atoms with Crippen LogP contribution in [0, 0.1) is 0 Å². The fourth-order valence-electron chi connectivity index (χ4n) is 1.10. The molecule has 0 aliphatic heterocycles. The predicted molar refractivity (Wildman–Crippen MR) is 63.2 cm³/mol. The Hall–Kier alpha value is -1.30. The van der Waals surface area contributed by atoms with Gasteiger partial charge in [0.2, 0.25) is 0 Å². The van der Waals surface area contributed by atoms with Crippen LogP contribution in [0.2, 0.25) is 0 Å². The summed E-state index contributed by atoms with van der Waals surface area (Å²) in [5.41, 5.74) is 1.04. The van der Waals surface area contributed by atoms with E-state index in [0.717, 1.165) is 11.6 Å². The van der Waals surface area contributed by atoms with E-state index in [1.165, 1.54) is 0 Å². The molecule has 1 aromatic carbocycles. The van der Waals surface area contributed by atoms with Gasteiger partial charge in [0, 0.05) is 6.08 Å². The Labute approximate surface area is 107 Å². The van der Waals surface area contributed by atoms with Crippen LogP contribution in [-0.4, -0.2) is 30.8 Å². The zero-order valence-electron chi connectivity index (χ0n) is 8.31. The first-order chi connectivity index (χ1) is 7.22. The summed E-state index contributed by atoms with van der Waals surface area (Å²) < 4.78 is 4.43. The van der Waals surface area contributed by atoms with Crippen LogP contribution in [0.5, 0.6) is 0 Å². The molecule has 0 radical (unpaired) electrons. The van der Waals surface area contributed by atoms with Gasteiger partial charge in [0.05, 0.1) is 6.42 Å². The molecule has 0 spiro atoms. The minimum absolute atomic E-state index is 0. The number of hydrogen-bond donors (Lipinski definition) is 0. The van der Waals surface area contributed by atoms with E-state index in [1.807, 2.05) is 30.3 Å². The molecule has 0 aromatic heterocycles. The molecule has 4 heteroatoms. The van der Waals surface area contributed by atoms with Crippen molar-refractivity contribution < 1.29 is 14.3 Å². The normalized spacial score (nSPS) is 8.75. The molecular weight excluding hydrogens is 199 g/mol. The van der Waals surface area contributed by atoms with E-state index >= 15 is 0 Å². The molecule has 0 aliphatic rings. The molecule has 0 aliphatic carbocycles. The van der Waals surface area contributed by atoms with Crippen LogP contribution in [0.25, 0.3) is 0 Å². The number of carbonyl (C=O) groups excluding carboxylic acids is 2. The van der Waals surface area contributed by atoms with Gasteiger partial charge in [0.15, 0.2) is 0 Å². The second kappa shape index (κ2) is 7.92. The van der Waals surface area contributed by atoms with E-state index in [2.05, 4.69) is 11.3 Å². The Bertz CT molecular complexity index is 360. The van der Waals surface area contributed by atoms with Crippen molar-refractivity contribution in [1.82, 2.24) is 0 Å². The van der Waals surface area contributed by atoms with Gasteiger partial charge in [0.1, 0.15) is 0 Å². The van der Waals surface area contributed by atoms with Gasteiger partial charge in [0.25, 0.3) is 0 Å². The van der Waals surface area contributed by atoms with Crippen molar-refractivity contribution in [2.24, 2.45) is 0 Å². The number of aryl methyl sites for hydroxylation is 1. The van der Waals surface area contributed by atoms with Crippen LogP contribution < -0.4 is 0 Å². The number of ether oxygens (including phenoxy) is 1. The third-order valence-corrected chi connectivity index (χ3v) is 1.84. The van der Waals surface area contributed by atoms with Gasteiger partial charge in [-0.2, -0.15) is 0 Å². The molecule has 0 fully saturated rings. The molecule has 0 saturated heterocycles. The molecule has 16 heavy (non-hydrogen) atoms. The molecule has 1 aromatic rings. The Balaban J connectivity index is 0.00000225. The van der Waals surface area contributed by atoms with Crippen LogP contribution in [-0.2, 0) is 20.7 Å². The van der Waals surface area contributed by atoms with Gasteiger partial charge in [-0.1, -0.05) is 36.9 Å². The van der Waals surface area contributed by atoms with E-state index in [0.29, 0.717) is 6.42 Å². The summed E-state index contributed by atoms with van der Waals surface area (Å²) in [6.45, 7) is 3.21. The average Bonchev–Trinajstić information content (AvgIpc) is 2.27. The summed E-state index contributed by atoms with van der Waals surface area (Å²) in [7, 11) is 0. The zero-order valence-corrected chi connectivity index (χ0v) is 8.31. The van der Waals surface area contributed by atoms with Crippen molar-refractivity contribution in [2.75, 3.05) is 0 Å². The third-order valence-electron chi connectivity index (χ3n) is 1.84. The summed E-state index contributed by atoms with van der Waals surface area (Å²) in [5, 5.41) is 0. The maximum atomic E-state index is 11.1. The van der Waals surface area contributed by atoms with E-state index in [4.69, 9.17) is 0 Å². The first-order valence-electron chi connectivity index (χ1n) is 4.63. The van der Waals surface area contributed by atoms with Crippen molar-refractivity contribution in [2.45, 2.75) is 12.8 Å². The van der Waals surface area contributed by atoms with Gasteiger partial charge in [-0.15, -0.1) is 0 Å². The number of carbonyl (C=O) groups is 2. The topological polar surface area (TPSA) is 43.4 Å². The molecule has 0 saturated carbocycles. The summed E-state index contributed by atoms with van der Waals surface area (Å²) in [4.78, 5) is 21.8. The van der Waals surface area contributed by atoms with Crippen molar-refractivity contribution in [3.8, 4) is 0 Å². The summed E-state index contributed by atoms with van der Waals surface area (Å²) in [6.07, 6.45) is 1.74. The van der Waals surface area contributed by atoms with Crippen molar-refractivity contribution in [3.63, 3.8) is 0 Å². The fraction of sp³-hybridized carbons (Fsp3) is 0.167. The van der Waals surface area contributed by atoms with Gasteiger partial charge in [-0.05, 0) is 12.0 Å². The Morgan fingerprint density at radius 3 is 2.44 bits per heavy atom. The van der Waals surface area contributed by atoms with E-state index < -0.39 is 11.9 Å². The quantitative estimate of drug-likeness (QED) is 0.326. The first kappa shape index (κ1) is 14.7. The fourth-order valence-corrected chi connectivity index (χ4v) is 1.10. The van der Waals surface area contributed by atoms with Crippen LogP contribution in [0.3, 0.4) is 0 Å². The van der Waals surface area contributed by atoms with Crippen molar-refractivity contribution >= 4 is 30.8 Å². The molecule has 3 nitrogen and oxygen atoms in total. The SMILES string of the molecule is C=CC(=O)OC(=O)CCc1ccccc1.[LiH]. The van der Waals surface area contributed by atoms with Crippen LogP contribution in [0.1, 0.15) is 12.0 Å². The number of esters is 2. The molecular formula is C12H13LiO3. The first-order valence-corrected chi connectivity index (χ1v) is 4.63. The van der Waals surface area contributed by atoms with Crippen LogP contribution in [0.15, 0.2) is 43.0 Å². The second-order valence-corrected chi connectivity index (χ2v) is 2.98. The minimum atomic E-state index is -0.701. The molecule has 0 heterocycles. The molecule has 0 N–H and O–H groups in total. The summed E-state index contributed by atoms with van der Waals surface area (Å²) in [5.74, 6) is -1.23. The average molecular weight is 212 g/mol.